The highest BCUT2D eigenvalue weighted by molar-refractivity contribution is 6.25. The number of halogens is 1. The van der Waals surface area contributed by atoms with E-state index in [1.807, 2.05) is 0 Å². The Hall–Kier alpha value is -1.11. The molecule has 4 fully saturated rings. The Balaban J connectivity index is 1.54. The number of esters is 1. The summed E-state index contributed by atoms with van der Waals surface area (Å²) >= 11 is 7.49. The first kappa shape index (κ1) is 20.8. The molecule has 7 heteroatoms. The highest BCUT2D eigenvalue weighted by Crippen LogP contribution is 2.72. The molecule has 0 spiro atoms. The third-order valence-electron chi connectivity index (χ3n) is 9.85. The number of carboxylic acid groups (broad SMARTS) is 1. The standard InChI is InChI=1S/C23H31ClO6/c1-20-6-3-16-17(23(20,24)9-5-15(20)13-10-18(26)30-12-13)4-7-21(29)11-14(25)2-8-22(16,21)19(27)28/h10,14-17,25,29H,2-9,11-12H2,1H3,(H,27,28). The molecule has 0 saturated heterocycles. The van der Waals surface area contributed by atoms with Gasteiger partial charge in [0.1, 0.15) is 6.61 Å². The number of aliphatic hydroxyl groups excluding tert-OH is 1. The predicted molar refractivity (Wildman–Crippen MR) is 109 cm³/mol. The lowest BCUT2D eigenvalue weighted by atomic mass is 9.42. The van der Waals surface area contributed by atoms with Crippen LogP contribution in [0.1, 0.15) is 64.7 Å². The minimum absolute atomic E-state index is 0.00634. The predicted octanol–water partition coefficient (Wildman–Crippen LogP) is 3.03. The normalized spacial score (nSPS) is 52.7. The van der Waals surface area contributed by atoms with Gasteiger partial charge in [0.15, 0.2) is 0 Å². The number of carboxylic acids is 1. The second kappa shape index (κ2) is 6.46. The molecule has 8 unspecified atom stereocenters. The van der Waals surface area contributed by atoms with Crippen LogP contribution >= 0.6 is 11.6 Å². The van der Waals surface area contributed by atoms with Crippen LogP contribution in [0.5, 0.6) is 0 Å². The molecule has 1 aliphatic heterocycles. The molecule has 5 aliphatic rings. The summed E-state index contributed by atoms with van der Waals surface area (Å²) in [7, 11) is 0. The van der Waals surface area contributed by atoms with Gasteiger partial charge in [0.05, 0.1) is 22.0 Å². The lowest BCUT2D eigenvalue weighted by Gasteiger charge is -2.65. The smallest absolute Gasteiger partial charge is 0.331 e. The van der Waals surface area contributed by atoms with Crippen molar-refractivity contribution in [3.05, 3.63) is 11.6 Å². The van der Waals surface area contributed by atoms with Gasteiger partial charge in [-0.3, -0.25) is 4.79 Å². The third-order valence-corrected chi connectivity index (χ3v) is 10.8. The van der Waals surface area contributed by atoms with E-state index < -0.39 is 28.0 Å². The minimum atomic E-state index is -1.38. The van der Waals surface area contributed by atoms with Gasteiger partial charge < -0.3 is 20.1 Å². The van der Waals surface area contributed by atoms with Crippen molar-refractivity contribution in [3.8, 4) is 0 Å². The molecule has 0 aromatic carbocycles. The molecule has 0 aromatic rings. The average Bonchev–Trinajstić information content (AvgIpc) is 3.21. The Morgan fingerprint density at radius 3 is 2.53 bits per heavy atom. The van der Waals surface area contributed by atoms with E-state index >= 15 is 0 Å². The summed E-state index contributed by atoms with van der Waals surface area (Å²) in [5.74, 6) is -1.28. The Morgan fingerprint density at radius 1 is 1.13 bits per heavy atom. The van der Waals surface area contributed by atoms with Gasteiger partial charge in [-0.2, -0.15) is 0 Å². The zero-order valence-corrected chi connectivity index (χ0v) is 18.2. The summed E-state index contributed by atoms with van der Waals surface area (Å²) < 4.78 is 5.17. The minimum Gasteiger partial charge on any atom is -0.481 e. The van der Waals surface area contributed by atoms with Crippen molar-refractivity contribution in [1.82, 2.24) is 0 Å². The topological polar surface area (TPSA) is 104 Å². The van der Waals surface area contributed by atoms with Crippen molar-refractivity contribution in [2.24, 2.45) is 28.6 Å². The number of aliphatic carboxylic acids is 1. The van der Waals surface area contributed by atoms with Crippen molar-refractivity contribution < 1.29 is 29.6 Å². The summed E-state index contributed by atoms with van der Waals surface area (Å²) in [5.41, 5.74) is -1.85. The zero-order valence-electron chi connectivity index (χ0n) is 17.4. The largest absolute Gasteiger partial charge is 0.481 e. The number of hydrogen-bond acceptors (Lipinski definition) is 5. The number of fused-ring (bicyclic) bond motifs is 5. The van der Waals surface area contributed by atoms with Gasteiger partial charge in [0.2, 0.25) is 0 Å². The van der Waals surface area contributed by atoms with Crippen LogP contribution in [0.4, 0.5) is 0 Å². The van der Waals surface area contributed by atoms with Crippen LogP contribution in [-0.4, -0.2) is 50.4 Å². The molecule has 8 atom stereocenters. The van der Waals surface area contributed by atoms with E-state index in [0.29, 0.717) is 38.7 Å². The first-order chi connectivity index (χ1) is 14.1. The fourth-order valence-corrected chi connectivity index (χ4v) is 9.03. The molecule has 5 rings (SSSR count). The Morgan fingerprint density at radius 2 is 1.87 bits per heavy atom. The summed E-state index contributed by atoms with van der Waals surface area (Å²) in [6, 6.07) is 0. The van der Waals surface area contributed by atoms with Gasteiger partial charge in [-0.15, -0.1) is 11.6 Å². The van der Waals surface area contributed by atoms with Crippen LogP contribution in [0, 0.1) is 28.6 Å². The molecule has 0 radical (unpaired) electrons. The van der Waals surface area contributed by atoms with Gasteiger partial charge in [0.25, 0.3) is 0 Å². The fourth-order valence-electron chi connectivity index (χ4n) is 8.43. The Bertz CT molecular complexity index is 827. The number of alkyl halides is 1. The monoisotopic (exact) mass is 438 g/mol. The highest BCUT2D eigenvalue weighted by atomic mass is 35.5. The van der Waals surface area contributed by atoms with E-state index in [-0.39, 0.29) is 35.6 Å². The van der Waals surface area contributed by atoms with E-state index in [0.717, 1.165) is 24.8 Å². The summed E-state index contributed by atoms with van der Waals surface area (Å²) in [5, 5.41) is 32.1. The Labute approximate surface area is 181 Å². The molecule has 4 saturated carbocycles. The van der Waals surface area contributed by atoms with Crippen LogP contribution in [0.25, 0.3) is 0 Å². The molecule has 3 N–H and O–H groups in total. The molecule has 0 amide bonds. The van der Waals surface area contributed by atoms with Gasteiger partial charge in [0, 0.05) is 12.5 Å². The maximum atomic E-state index is 12.7. The number of carbonyl (C=O) groups excluding carboxylic acids is 1. The van der Waals surface area contributed by atoms with Crippen LogP contribution in [0.3, 0.4) is 0 Å². The first-order valence-electron chi connectivity index (χ1n) is 11.3. The fraction of sp³-hybridized carbons (Fsp3) is 0.826. The lowest BCUT2D eigenvalue weighted by molar-refractivity contribution is -0.232. The number of aliphatic hydroxyl groups is 2. The number of cyclic esters (lactones) is 1. The maximum absolute atomic E-state index is 12.7. The number of hydrogen-bond donors (Lipinski definition) is 3. The van der Waals surface area contributed by atoms with E-state index in [1.54, 1.807) is 6.08 Å². The number of carbonyl (C=O) groups is 2. The lowest BCUT2D eigenvalue weighted by Crippen LogP contribution is -2.69. The molecule has 4 aliphatic carbocycles. The third kappa shape index (κ3) is 2.39. The molecule has 166 valence electrons. The average molecular weight is 439 g/mol. The summed E-state index contributed by atoms with van der Waals surface area (Å²) in [6.45, 7) is 2.53. The van der Waals surface area contributed by atoms with Gasteiger partial charge in [-0.25, -0.2) is 4.79 Å². The van der Waals surface area contributed by atoms with Crippen molar-refractivity contribution in [3.63, 3.8) is 0 Å². The number of rotatable bonds is 2. The van der Waals surface area contributed by atoms with Crippen LogP contribution in [-0.2, 0) is 14.3 Å². The molecule has 0 bridgehead atoms. The molecule has 0 aromatic heterocycles. The van der Waals surface area contributed by atoms with E-state index in [1.165, 1.54) is 0 Å². The van der Waals surface area contributed by atoms with Crippen LogP contribution in [0.15, 0.2) is 11.6 Å². The van der Waals surface area contributed by atoms with Crippen LogP contribution in [0.2, 0.25) is 0 Å². The quantitative estimate of drug-likeness (QED) is 0.452. The number of ether oxygens (including phenoxy) is 1. The van der Waals surface area contributed by atoms with E-state index in [9.17, 15) is 24.9 Å². The molecular weight excluding hydrogens is 408 g/mol. The molecule has 30 heavy (non-hydrogen) atoms. The summed E-state index contributed by atoms with van der Waals surface area (Å²) in [6.07, 6.45) is 5.92. The van der Waals surface area contributed by atoms with Gasteiger partial charge in [-0.05, 0) is 80.1 Å². The first-order valence-corrected chi connectivity index (χ1v) is 11.7. The van der Waals surface area contributed by atoms with Crippen molar-refractivity contribution in [2.75, 3.05) is 6.61 Å². The van der Waals surface area contributed by atoms with E-state index in [4.69, 9.17) is 16.3 Å². The molecular formula is C23H31ClO6. The second-order valence-electron chi connectivity index (χ2n) is 10.7. The highest BCUT2D eigenvalue weighted by Gasteiger charge is 2.73. The SMILES string of the molecule is CC12CCC3C(CCC4(O)CC(O)CCC34C(=O)O)C1(Cl)CCC2C1=CC(=O)OC1. The summed E-state index contributed by atoms with van der Waals surface area (Å²) in [4.78, 5) is 23.8. The second-order valence-corrected chi connectivity index (χ2v) is 11.4. The van der Waals surface area contributed by atoms with E-state index in [2.05, 4.69) is 6.92 Å². The Kier molecular flexibility index (Phi) is 4.47. The maximum Gasteiger partial charge on any atom is 0.331 e. The van der Waals surface area contributed by atoms with Crippen molar-refractivity contribution in [2.45, 2.75) is 81.3 Å². The van der Waals surface area contributed by atoms with Gasteiger partial charge >= 0.3 is 11.9 Å². The van der Waals surface area contributed by atoms with Gasteiger partial charge in [-0.1, -0.05) is 6.92 Å². The molecule has 6 nitrogen and oxygen atoms in total. The van der Waals surface area contributed by atoms with Crippen molar-refractivity contribution >= 4 is 23.5 Å². The van der Waals surface area contributed by atoms with Crippen LogP contribution < -0.4 is 0 Å². The zero-order chi connectivity index (χ0) is 21.5. The molecule has 1 heterocycles. The van der Waals surface area contributed by atoms with Crippen molar-refractivity contribution in [1.29, 1.82) is 0 Å².